The van der Waals surface area contributed by atoms with E-state index in [4.69, 9.17) is 28.3 Å². The van der Waals surface area contributed by atoms with Crippen LogP contribution in [0.4, 0.5) is 13.2 Å². The summed E-state index contributed by atoms with van der Waals surface area (Å²) in [5.74, 6) is 0.701. The maximum atomic E-state index is 12.9. The van der Waals surface area contributed by atoms with Crippen molar-refractivity contribution in [1.29, 1.82) is 0 Å². The fraction of sp³-hybridized carbons (Fsp3) is 0.182. The Kier molecular flexibility index (Phi) is 4.35. The van der Waals surface area contributed by atoms with E-state index in [1.165, 1.54) is 11.8 Å². The molecule has 2 N–H and O–H groups in total. The van der Waals surface area contributed by atoms with Gasteiger partial charge in [0.25, 0.3) is 0 Å². The molecule has 0 amide bonds. The highest BCUT2D eigenvalue weighted by Crippen LogP contribution is 2.40. The van der Waals surface area contributed by atoms with E-state index in [0.717, 1.165) is 18.2 Å². The third-order valence-electron chi connectivity index (χ3n) is 2.04. The highest BCUT2D eigenvalue weighted by Gasteiger charge is 2.54. The number of aliphatic carboxylic acids is 1. The molecule has 8 heteroatoms. The number of halogens is 5. The van der Waals surface area contributed by atoms with Crippen molar-refractivity contribution >= 4 is 29.2 Å². The summed E-state index contributed by atoms with van der Waals surface area (Å²) in [6.45, 7) is 0. The van der Waals surface area contributed by atoms with Crippen LogP contribution in [-0.4, -0.2) is 22.4 Å². The van der Waals surface area contributed by atoms with Gasteiger partial charge >= 0.3 is 12.1 Å². The molecular weight excluding hydrogens is 308 g/mol. The van der Waals surface area contributed by atoms with Crippen molar-refractivity contribution in [2.75, 3.05) is 0 Å². The van der Waals surface area contributed by atoms with E-state index in [2.05, 4.69) is 0 Å². The van der Waals surface area contributed by atoms with Crippen LogP contribution in [0.2, 0.25) is 10.0 Å². The lowest BCUT2D eigenvalue weighted by atomic mass is 9.93. The average Bonchev–Trinajstić information content (AvgIpc) is 2.22. The molecule has 0 aliphatic carbocycles. The highest BCUT2D eigenvalue weighted by molar-refractivity contribution is 6.34. The lowest BCUT2D eigenvalue weighted by Crippen LogP contribution is -2.41. The number of alkyl halides is 3. The summed E-state index contributed by atoms with van der Waals surface area (Å²) in [5.41, 5.74) is -4.42. The van der Waals surface area contributed by atoms with E-state index in [1.807, 2.05) is 0 Å². The second-order valence-corrected chi connectivity index (χ2v) is 4.29. The number of hydrogen-bond acceptors (Lipinski definition) is 2. The van der Waals surface area contributed by atoms with E-state index in [0.29, 0.717) is 0 Å². The highest BCUT2D eigenvalue weighted by atomic mass is 35.5. The number of carbonyl (C=O) groups is 1. The first-order valence-corrected chi connectivity index (χ1v) is 5.33. The second kappa shape index (κ2) is 5.29. The number of aliphatic hydroxyl groups is 1. The van der Waals surface area contributed by atoms with Crippen LogP contribution in [0.25, 0.3) is 0 Å². The van der Waals surface area contributed by atoms with Crippen LogP contribution >= 0.6 is 23.2 Å². The fourth-order valence-corrected chi connectivity index (χ4v) is 1.74. The van der Waals surface area contributed by atoms with Gasteiger partial charge in [-0.05, 0) is 24.1 Å². The number of hydrogen-bond donors (Lipinski definition) is 2. The zero-order valence-electron chi connectivity index (χ0n) is 8.92. The van der Waals surface area contributed by atoms with Crippen LogP contribution in [0.3, 0.4) is 0 Å². The Bertz CT molecular complexity index is 555. The molecule has 1 rings (SSSR count). The Balaban J connectivity index is 3.49. The van der Waals surface area contributed by atoms with Gasteiger partial charge in [-0.25, -0.2) is 4.79 Å². The minimum absolute atomic E-state index is 0.151. The Hall–Kier alpha value is -1.42. The molecule has 0 heterocycles. The lowest BCUT2D eigenvalue weighted by Gasteiger charge is -2.25. The number of carboxylic acids is 1. The molecule has 1 aromatic carbocycles. The van der Waals surface area contributed by atoms with E-state index in [-0.39, 0.29) is 10.0 Å². The SMILES string of the molecule is O=C(O)C#CC(O)(c1cc(Cl)cc(Cl)c1)C(F)(F)F. The molecule has 0 spiro atoms. The smallest absolute Gasteiger partial charge is 0.433 e. The van der Waals surface area contributed by atoms with Crippen LogP contribution < -0.4 is 0 Å². The van der Waals surface area contributed by atoms with E-state index < -0.39 is 23.3 Å². The Morgan fingerprint density at radius 2 is 1.63 bits per heavy atom. The summed E-state index contributed by atoms with van der Waals surface area (Å²) < 4.78 is 38.6. The van der Waals surface area contributed by atoms with Crippen molar-refractivity contribution < 1.29 is 28.2 Å². The maximum absolute atomic E-state index is 12.9. The molecular formula is C11H5Cl2F3O3. The minimum Gasteiger partial charge on any atom is -0.472 e. The average molecular weight is 313 g/mol. The van der Waals surface area contributed by atoms with E-state index in [1.54, 1.807) is 0 Å². The van der Waals surface area contributed by atoms with Gasteiger partial charge in [-0.2, -0.15) is 13.2 Å². The molecule has 1 atom stereocenters. The third kappa shape index (κ3) is 3.53. The maximum Gasteiger partial charge on any atom is 0.433 e. The summed E-state index contributed by atoms with van der Waals surface area (Å²) in [5, 5.41) is 17.6. The first-order chi connectivity index (χ1) is 8.56. The van der Waals surface area contributed by atoms with Crippen LogP contribution in [0.1, 0.15) is 5.56 Å². The predicted octanol–water partition coefficient (Wildman–Crippen LogP) is 2.83. The molecule has 0 saturated carbocycles. The zero-order valence-corrected chi connectivity index (χ0v) is 10.4. The van der Waals surface area contributed by atoms with Crippen molar-refractivity contribution in [1.82, 2.24) is 0 Å². The summed E-state index contributed by atoms with van der Waals surface area (Å²) in [6, 6.07) is 2.77. The van der Waals surface area contributed by atoms with Gasteiger partial charge in [-0.3, -0.25) is 0 Å². The molecule has 0 aromatic heterocycles. The van der Waals surface area contributed by atoms with Gasteiger partial charge in [0.2, 0.25) is 5.60 Å². The van der Waals surface area contributed by atoms with Gasteiger partial charge in [0.05, 0.1) is 0 Å². The first-order valence-electron chi connectivity index (χ1n) is 4.58. The summed E-state index contributed by atoms with van der Waals surface area (Å²) >= 11 is 11.1. The van der Waals surface area contributed by atoms with Gasteiger partial charge in [-0.1, -0.05) is 23.2 Å². The third-order valence-corrected chi connectivity index (χ3v) is 2.48. The minimum atomic E-state index is -5.22. The lowest BCUT2D eigenvalue weighted by molar-refractivity contribution is -0.240. The molecule has 0 aliphatic heterocycles. The van der Waals surface area contributed by atoms with Gasteiger partial charge in [0, 0.05) is 21.5 Å². The normalized spacial score (nSPS) is 14.2. The molecule has 1 unspecified atom stereocenters. The Morgan fingerprint density at radius 3 is 2.00 bits per heavy atom. The molecule has 3 nitrogen and oxygen atoms in total. The second-order valence-electron chi connectivity index (χ2n) is 3.42. The number of benzene rings is 1. The summed E-state index contributed by atoms with van der Waals surface area (Å²) in [6.07, 6.45) is -5.22. The van der Waals surface area contributed by atoms with Crippen LogP contribution in [0.5, 0.6) is 0 Å². The van der Waals surface area contributed by atoms with Crippen molar-refractivity contribution in [3.8, 4) is 11.8 Å². The molecule has 1 aromatic rings. The van der Waals surface area contributed by atoms with Crippen molar-refractivity contribution in [3.05, 3.63) is 33.8 Å². The topological polar surface area (TPSA) is 57.5 Å². The largest absolute Gasteiger partial charge is 0.472 e. The molecule has 0 radical (unpaired) electrons. The van der Waals surface area contributed by atoms with Crippen LogP contribution in [0, 0.1) is 11.8 Å². The zero-order chi connectivity index (χ0) is 14.8. The van der Waals surface area contributed by atoms with Gasteiger partial charge in [-0.15, -0.1) is 0 Å². The molecule has 19 heavy (non-hydrogen) atoms. The van der Waals surface area contributed by atoms with Gasteiger partial charge < -0.3 is 10.2 Å². The number of rotatable bonds is 1. The van der Waals surface area contributed by atoms with Crippen LogP contribution in [0.15, 0.2) is 18.2 Å². The fourth-order valence-electron chi connectivity index (χ4n) is 1.21. The standard InChI is InChI=1S/C11H5Cl2F3O3/c12-7-3-6(4-8(13)5-7)10(19,11(14,15)16)2-1-9(17)18/h3-5,19H,(H,17,18). The predicted molar refractivity (Wildman–Crippen MR) is 61.8 cm³/mol. The van der Waals surface area contributed by atoms with Crippen molar-refractivity contribution in [2.24, 2.45) is 0 Å². The molecule has 0 aliphatic rings. The molecule has 102 valence electrons. The van der Waals surface area contributed by atoms with Crippen molar-refractivity contribution in [3.63, 3.8) is 0 Å². The summed E-state index contributed by atoms with van der Waals surface area (Å²) in [7, 11) is 0. The quantitative estimate of drug-likeness (QED) is 0.784. The Labute approximate surface area is 115 Å². The van der Waals surface area contributed by atoms with Gasteiger partial charge in [0.1, 0.15) is 0 Å². The Morgan fingerprint density at radius 1 is 1.16 bits per heavy atom. The molecule has 0 saturated heterocycles. The summed E-state index contributed by atoms with van der Waals surface area (Å²) in [4.78, 5) is 10.2. The van der Waals surface area contributed by atoms with Gasteiger partial charge in [0.15, 0.2) is 0 Å². The molecule has 0 fully saturated rings. The molecule has 0 bridgehead atoms. The first kappa shape index (κ1) is 15.6. The van der Waals surface area contributed by atoms with Crippen molar-refractivity contribution in [2.45, 2.75) is 11.8 Å². The van der Waals surface area contributed by atoms with Crippen LogP contribution in [-0.2, 0) is 10.4 Å². The van der Waals surface area contributed by atoms with E-state index >= 15 is 0 Å². The van der Waals surface area contributed by atoms with E-state index in [9.17, 15) is 23.1 Å². The number of carboxylic acid groups (broad SMARTS) is 1. The monoisotopic (exact) mass is 312 g/mol.